The Balaban J connectivity index is 3.05. The monoisotopic (exact) mass is 213 g/mol. The number of hydrogen-bond acceptors (Lipinski definition) is 3. The van der Waals surface area contributed by atoms with Gasteiger partial charge in [-0.05, 0) is 12.5 Å². The van der Waals surface area contributed by atoms with E-state index in [1.807, 2.05) is 6.92 Å². The van der Waals surface area contributed by atoms with Gasteiger partial charge in [0, 0.05) is 4.88 Å². The van der Waals surface area contributed by atoms with Gasteiger partial charge < -0.3 is 16.8 Å². The largest absolute Gasteiger partial charge is 0.365 e. The van der Waals surface area contributed by atoms with Crippen molar-refractivity contribution in [1.82, 2.24) is 0 Å². The molecule has 1 rings (SSSR count). The molecule has 5 nitrogen and oxygen atoms in total. The van der Waals surface area contributed by atoms with Crippen molar-refractivity contribution in [2.75, 3.05) is 5.32 Å². The Morgan fingerprint density at radius 1 is 1.50 bits per heavy atom. The third kappa shape index (κ3) is 2.23. The summed E-state index contributed by atoms with van der Waals surface area (Å²) in [5.74, 6) is -0.557. The van der Waals surface area contributed by atoms with Crippen molar-refractivity contribution < 1.29 is 9.59 Å². The summed E-state index contributed by atoms with van der Waals surface area (Å²) in [5.41, 5.74) is 10.5. The third-order valence-electron chi connectivity index (χ3n) is 1.61. The number of aryl methyl sites for hydroxylation is 1. The van der Waals surface area contributed by atoms with E-state index in [2.05, 4.69) is 5.32 Å². The van der Waals surface area contributed by atoms with Gasteiger partial charge in [0.2, 0.25) is 0 Å². The van der Waals surface area contributed by atoms with Crippen LogP contribution in [0.4, 0.5) is 10.5 Å². The fraction of sp³-hybridized carbons (Fsp3) is 0.250. The zero-order chi connectivity index (χ0) is 10.7. The van der Waals surface area contributed by atoms with Gasteiger partial charge in [-0.25, -0.2) is 4.79 Å². The summed E-state index contributed by atoms with van der Waals surface area (Å²) in [7, 11) is 0. The van der Waals surface area contributed by atoms with Crippen molar-refractivity contribution in [2.24, 2.45) is 11.5 Å². The lowest BCUT2D eigenvalue weighted by Gasteiger charge is -1.98. The molecule has 3 amide bonds. The number of urea groups is 1. The van der Waals surface area contributed by atoms with Gasteiger partial charge >= 0.3 is 6.03 Å². The van der Waals surface area contributed by atoms with Crippen LogP contribution in [-0.2, 0) is 6.42 Å². The van der Waals surface area contributed by atoms with Crippen molar-refractivity contribution in [3.8, 4) is 0 Å². The minimum absolute atomic E-state index is 0.334. The first kappa shape index (κ1) is 10.5. The lowest BCUT2D eigenvalue weighted by Crippen LogP contribution is -2.21. The number of nitrogens with one attached hydrogen (secondary N) is 1. The highest BCUT2D eigenvalue weighted by Crippen LogP contribution is 2.26. The van der Waals surface area contributed by atoms with Gasteiger partial charge in [-0.15, -0.1) is 11.3 Å². The molecule has 14 heavy (non-hydrogen) atoms. The van der Waals surface area contributed by atoms with Crippen molar-refractivity contribution >= 4 is 29.0 Å². The van der Waals surface area contributed by atoms with Crippen molar-refractivity contribution in [3.63, 3.8) is 0 Å². The average molecular weight is 213 g/mol. The molecule has 0 aliphatic rings. The van der Waals surface area contributed by atoms with Crippen molar-refractivity contribution in [3.05, 3.63) is 15.8 Å². The minimum atomic E-state index is -0.701. The van der Waals surface area contributed by atoms with Crippen LogP contribution in [0.3, 0.4) is 0 Å². The second kappa shape index (κ2) is 4.10. The van der Waals surface area contributed by atoms with Gasteiger partial charge in [-0.2, -0.15) is 0 Å². The lowest BCUT2D eigenvalue weighted by molar-refractivity contribution is 0.100. The van der Waals surface area contributed by atoms with E-state index in [1.54, 1.807) is 6.07 Å². The molecular weight excluding hydrogens is 202 g/mol. The van der Waals surface area contributed by atoms with E-state index in [0.29, 0.717) is 10.6 Å². The van der Waals surface area contributed by atoms with E-state index < -0.39 is 11.9 Å². The Bertz CT molecular complexity index is 373. The van der Waals surface area contributed by atoms with Gasteiger partial charge in [0.1, 0.15) is 4.88 Å². The average Bonchev–Trinajstić information content (AvgIpc) is 2.46. The maximum atomic E-state index is 11.0. The number of hydrogen-bond donors (Lipinski definition) is 3. The first-order valence-corrected chi connectivity index (χ1v) is 4.85. The molecule has 0 atom stereocenters. The normalized spacial score (nSPS) is 9.79. The quantitative estimate of drug-likeness (QED) is 0.695. The number of carbonyl (C=O) groups excluding carboxylic acids is 2. The Labute approximate surface area is 85.1 Å². The molecule has 1 heterocycles. The molecule has 76 valence electrons. The summed E-state index contributed by atoms with van der Waals surface area (Å²) < 4.78 is 0. The second-order valence-electron chi connectivity index (χ2n) is 2.66. The summed E-state index contributed by atoms with van der Waals surface area (Å²) in [6.07, 6.45) is 0.783. The van der Waals surface area contributed by atoms with E-state index in [9.17, 15) is 9.59 Å². The van der Waals surface area contributed by atoms with Crippen LogP contribution in [0, 0.1) is 0 Å². The molecule has 0 unspecified atom stereocenters. The maximum absolute atomic E-state index is 11.0. The van der Waals surface area contributed by atoms with E-state index in [0.717, 1.165) is 11.3 Å². The Morgan fingerprint density at radius 2 is 2.14 bits per heavy atom. The maximum Gasteiger partial charge on any atom is 0.316 e. The SMILES string of the molecule is CCc1cc(NC(N)=O)c(C(N)=O)s1. The van der Waals surface area contributed by atoms with E-state index in [-0.39, 0.29) is 0 Å². The van der Waals surface area contributed by atoms with Crippen LogP contribution in [0.5, 0.6) is 0 Å². The van der Waals surface area contributed by atoms with Crippen LogP contribution in [0.25, 0.3) is 0 Å². The highest BCUT2D eigenvalue weighted by atomic mass is 32.1. The molecule has 1 aromatic rings. The number of primary amides is 2. The number of thiophene rings is 1. The summed E-state index contributed by atoms with van der Waals surface area (Å²) in [6.45, 7) is 1.95. The van der Waals surface area contributed by atoms with Crippen molar-refractivity contribution in [2.45, 2.75) is 13.3 Å². The number of carbonyl (C=O) groups is 2. The molecular formula is C8H11N3O2S. The van der Waals surface area contributed by atoms with Crippen LogP contribution in [0.2, 0.25) is 0 Å². The molecule has 0 radical (unpaired) electrons. The predicted octanol–water partition coefficient (Wildman–Crippen LogP) is 0.900. The molecule has 0 spiro atoms. The lowest BCUT2D eigenvalue weighted by atomic mass is 10.3. The van der Waals surface area contributed by atoms with Crippen LogP contribution in [0.15, 0.2) is 6.07 Å². The van der Waals surface area contributed by atoms with Crippen LogP contribution in [0.1, 0.15) is 21.5 Å². The molecule has 0 saturated heterocycles. The van der Waals surface area contributed by atoms with Gasteiger partial charge in [0.25, 0.3) is 5.91 Å². The summed E-state index contributed by atoms with van der Waals surface area (Å²) >= 11 is 1.26. The van der Waals surface area contributed by atoms with Crippen molar-refractivity contribution in [1.29, 1.82) is 0 Å². The van der Waals surface area contributed by atoms with Crippen LogP contribution < -0.4 is 16.8 Å². The third-order valence-corrected chi connectivity index (χ3v) is 2.91. The Morgan fingerprint density at radius 3 is 2.57 bits per heavy atom. The fourth-order valence-electron chi connectivity index (χ4n) is 1.02. The molecule has 0 aromatic carbocycles. The smallest absolute Gasteiger partial charge is 0.316 e. The van der Waals surface area contributed by atoms with Gasteiger partial charge in [0.15, 0.2) is 0 Å². The highest BCUT2D eigenvalue weighted by molar-refractivity contribution is 7.14. The topological polar surface area (TPSA) is 98.2 Å². The summed E-state index contributed by atoms with van der Waals surface area (Å²) in [6, 6.07) is 1.00. The van der Waals surface area contributed by atoms with Crippen LogP contribution in [-0.4, -0.2) is 11.9 Å². The Hall–Kier alpha value is -1.56. The van der Waals surface area contributed by atoms with Crippen LogP contribution >= 0.6 is 11.3 Å². The summed E-state index contributed by atoms with van der Waals surface area (Å²) in [5, 5.41) is 2.36. The number of rotatable bonds is 3. The van der Waals surface area contributed by atoms with Gasteiger partial charge in [0.05, 0.1) is 5.69 Å². The summed E-state index contributed by atoms with van der Waals surface area (Å²) in [4.78, 5) is 22.9. The molecule has 1 aromatic heterocycles. The highest BCUT2D eigenvalue weighted by Gasteiger charge is 2.13. The molecule has 0 aliphatic carbocycles. The van der Waals surface area contributed by atoms with E-state index >= 15 is 0 Å². The molecule has 0 bridgehead atoms. The van der Waals surface area contributed by atoms with E-state index in [4.69, 9.17) is 11.5 Å². The first-order valence-electron chi connectivity index (χ1n) is 4.03. The standard InChI is InChI=1S/C8H11N3O2S/c1-2-4-3-5(11-8(10)13)6(14-4)7(9)12/h3H,2H2,1H3,(H2,9,12)(H3,10,11,13). The Kier molecular flexibility index (Phi) is 3.08. The first-order chi connectivity index (χ1) is 6.54. The zero-order valence-corrected chi connectivity index (χ0v) is 8.48. The second-order valence-corrected chi connectivity index (χ2v) is 3.80. The zero-order valence-electron chi connectivity index (χ0n) is 7.66. The van der Waals surface area contributed by atoms with E-state index in [1.165, 1.54) is 11.3 Å². The van der Waals surface area contributed by atoms with Gasteiger partial charge in [-0.1, -0.05) is 6.92 Å². The molecule has 0 fully saturated rings. The molecule has 0 saturated carbocycles. The molecule has 5 N–H and O–H groups in total. The van der Waals surface area contributed by atoms with Gasteiger partial charge in [-0.3, -0.25) is 4.79 Å². The molecule has 6 heteroatoms. The number of anilines is 1. The fourth-order valence-corrected chi connectivity index (χ4v) is 1.93. The number of amides is 3. The predicted molar refractivity (Wildman–Crippen MR) is 55.4 cm³/mol. The minimum Gasteiger partial charge on any atom is -0.365 e. The number of nitrogens with two attached hydrogens (primary N) is 2. The molecule has 0 aliphatic heterocycles.